The number of aliphatic imine (C=N–C) groups is 1. The van der Waals surface area contributed by atoms with Gasteiger partial charge in [-0.25, -0.2) is 0 Å². The highest BCUT2D eigenvalue weighted by molar-refractivity contribution is 5.79. The zero-order valence-electron chi connectivity index (χ0n) is 14.1. The molecule has 0 aliphatic heterocycles. The maximum absolute atomic E-state index is 5.71. The van der Waals surface area contributed by atoms with Crippen LogP contribution in [0.3, 0.4) is 0 Å². The minimum absolute atomic E-state index is 0.611. The lowest BCUT2D eigenvalue weighted by molar-refractivity contribution is 0.281. The molecule has 0 saturated carbocycles. The molecular weight excluding hydrogens is 290 g/mol. The van der Waals surface area contributed by atoms with Gasteiger partial charge in [0.1, 0.15) is 12.4 Å². The van der Waals surface area contributed by atoms with Crippen molar-refractivity contribution in [3.63, 3.8) is 0 Å². The Labute approximate surface area is 137 Å². The highest BCUT2D eigenvalue weighted by atomic mass is 16.5. The zero-order valence-corrected chi connectivity index (χ0v) is 14.1. The molecule has 0 saturated heterocycles. The molecule has 1 aromatic carbocycles. The molecular formula is C17H25N5O. The molecule has 0 spiro atoms. The van der Waals surface area contributed by atoms with E-state index in [2.05, 4.69) is 20.3 Å². The summed E-state index contributed by atoms with van der Waals surface area (Å²) in [7, 11) is 3.79. The Kier molecular flexibility index (Phi) is 6.47. The molecule has 6 heteroatoms. The fraction of sp³-hybridized carbons (Fsp3) is 0.412. The number of likely N-dealkylation sites (N-methyl/N-ethyl adjacent to an activating group) is 1. The lowest BCUT2D eigenvalue weighted by Crippen LogP contribution is -2.42. The van der Waals surface area contributed by atoms with Gasteiger partial charge in [-0.1, -0.05) is 18.2 Å². The lowest BCUT2D eigenvalue weighted by Gasteiger charge is -2.22. The fourth-order valence-corrected chi connectivity index (χ4v) is 2.18. The van der Waals surface area contributed by atoms with Crippen molar-refractivity contribution in [2.24, 2.45) is 4.99 Å². The Morgan fingerprint density at radius 3 is 2.78 bits per heavy atom. The topological polar surface area (TPSA) is 54.7 Å². The summed E-state index contributed by atoms with van der Waals surface area (Å²) in [4.78, 5) is 6.35. The Morgan fingerprint density at radius 2 is 2.13 bits per heavy atom. The molecule has 0 unspecified atom stereocenters. The van der Waals surface area contributed by atoms with Crippen LogP contribution in [-0.4, -0.2) is 54.4 Å². The maximum Gasteiger partial charge on any atom is 0.193 e. The normalized spacial score (nSPS) is 11.3. The van der Waals surface area contributed by atoms with Crippen molar-refractivity contribution in [2.45, 2.75) is 13.5 Å². The zero-order chi connectivity index (χ0) is 16.5. The first kappa shape index (κ1) is 16.9. The van der Waals surface area contributed by atoms with Crippen LogP contribution in [0.15, 0.2) is 47.7 Å². The van der Waals surface area contributed by atoms with Crippen LogP contribution in [0.5, 0.6) is 5.75 Å². The number of aryl methyl sites for hydroxylation is 1. The summed E-state index contributed by atoms with van der Waals surface area (Å²) in [5.74, 6) is 1.74. The molecule has 0 bridgehead atoms. The number of nitrogens with zero attached hydrogens (tertiary/aromatic N) is 4. The third kappa shape index (κ3) is 5.65. The van der Waals surface area contributed by atoms with E-state index >= 15 is 0 Å². The number of nitrogens with one attached hydrogen (secondary N) is 1. The average Bonchev–Trinajstić information content (AvgIpc) is 2.98. The second kappa shape index (κ2) is 8.82. The first-order valence-corrected chi connectivity index (χ1v) is 7.77. The standard InChI is InChI=1S/C17H25N5O/c1-15-13-20-22(14-15)10-9-19-17(18-2)21(3)11-12-23-16-7-5-4-6-8-16/h4-8,13-14H,9-12H2,1-3H3,(H,18,19). The monoisotopic (exact) mass is 315 g/mol. The highest BCUT2D eigenvalue weighted by Crippen LogP contribution is 2.07. The predicted molar refractivity (Wildman–Crippen MR) is 92.9 cm³/mol. The summed E-state index contributed by atoms with van der Waals surface area (Å²) in [6, 6.07) is 9.83. The first-order chi connectivity index (χ1) is 11.2. The largest absolute Gasteiger partial charge is 0.492 e. The second-order valence-electron chi connectivity index (χ2n) is 5.34. The van der Waals surface area contributed by atoms with Gasteiger partial charge in [-0.15, -0.1) is 0 Å². The average molecular weight is 315 g/mol. The van der Waals surface area contributed by atoms with Gasteiger partial charge in [0.2, 0.25) is 0 Å². The molecule has 0 fully saturated rings. The number of hydrogen-bond acceptors (Lipinski definition) is 3. The van der Waals surface area contributed by atoms with E-state index in [1.165, 1.54) is 5.56 Å². The molecule has 0 aliphatic rings. The van der Waals surface area contributed by atoms with Crippen molar-refractivity contribution in [2.75, 3.05) is 33.8 Å². The molecule has 1 aromatic heterocycles. The summed E-state index contributed by atoms with van der Waals surface area (Å²) >= 11 is 0. The van der Waals surface area contributed by atoms with Crippen LogP contribution in [0, 0.1) is 6.92 Å². The van der Waals surface area contributed by atoms with Gasteiger partial charge in [-0.2, -0.15) is 5.10 Å². The third-order valence-corrected chi connectivity index (χ3v) is 3.40. The van der Waals surface area contributed by atoms with E-state index in [1.807, 2.05) is 61.4 Å². The minimum atomic E-state index is 0.611. The Bertz CT molecular complexity index is 608. The SMILES string of the molecule is CN=C(NCCn1cc(C)cn1)N(C)CCOc1ccccc1. The molecule has 0 amide bonds. The molecule has 124 valence electrons. The van der Waals surface area contributed by atoms with E-state index in [1.54, 1.807) is 7.05 Å². The lowest BCUT2D eigenvalue weighted by atomic mass is 10.3. The van der Waals surface area contributed by atoms with Crippen molar-refractivity contribution in [1.29, 1.82) is 0 Å². The number of guanidine groups is 1. The summed E-state index contributed by atoms with van der Waals surface area (Å²) in [6.07, 6.45) is 3.89. The number of para-hydroxylation sites is 1. The van der Waals surface area contributed by atoms with Gasteiger partial charge >= 0.3 is 0 Å². The Hall–Kier alpha value is -2.50. The quantitative estimate of drug-likeness (QED) is 0.625. The molecule has 1 heterocycles. The van der Waals surface area contributed by atoms with Gasteiger partial charge in [0.25, 0.3) is 0 Å². The number of benzene rings is 1. The second-order valence-corrected chi connectivity index (χ2v) is 5.34. The molecule has 0 aliphatic carbocycles. The van der Waals surface area contributed by atoms with Crippen molar-refractivity contribution in [3.8, 4) is 5.75 Å². The molecule has 6 nitrogen and oxygen atoms in total. The number of ether oxygens (including phenoxy) is 1. The van der Waals surface area contributed by atoms with Crippen LogP contribution in [0.25, 0.3) is 0 Å². The minimum Gasteiger partial charge on any atom is -0.492 e. The molecule has 0 radical (unpaired) electrons. The maximum atomic E-state index is 5.71. The van der Waals surface area contributed by atoms with E-state index in [0.29, 0.717) is 6.61 Å². The highest BCUT2D eigenvalue weighted by Gasteiger charge is 2.05. The fourth-order valence-electron chi connectivity index (χ4n) is 2.18. The Morgan fingerprint density at radius 1 is 1.35 bits per heavy atom. The van der Waals surface area contributed by atoms with Crippen molar-refractivity contribution in [3.05, 3.63) is 48.3 Å². The van der Waals surface area contributed by atoms with E-state index in [4.69, 9.17) is 4.74 Å². The summed E-state index contributed by atoms with van der Waals surface area (Å²) in [5, 5.41) is 7.60. The van der Waals surface area contributed by atoms with Gasteiger partial charge < -0.3 is 15.0 Å². The molecule has 0 atom stereocenters. The summed E-state index contributed by atoms with van der Waals surface area (Å²) < 4.78 is 7.63. The van der Waals surface area contributed by atoms with E-state index in [0.717, 1.165) is 31.3 Å². The number of rotatable bonds is 7. The van der Waals surface area contributed by atoms with E-state index < -0.39 is 0 Å². The van der Waals surface area contributed by atoms with Crippen LogP contribution in [0.4, 0.5) is 0 Å². The smallest absolute Gasteiger partial charge is 0.193 e. The van der Waals surface area contributed by atoms with Gasteiger partial charge in [0, 0.05) is 26.8 Å². The molecule has 1 N–H and O–H groups in total. The predicted octanol–water partition coefficient (Wildman–Crippen LogP) is 1.78. The van der Waals surface area contributed by atoms with Crippen LogP contribution in [-0.2, 0) is 6.54 Å². The summed E-state index contributed by atoms with van der Waals surface area (Å²) in [6.45, 7) is 4.99. The van der Waals surface area contributed by atoms with Crippen molar-refractivity contribution >= 4 is 5.96 Å². The molecule has 2 aromatic rings. The third-order valence-electron chi connectivity index (χ3n) is 3.40. The van der Waals surface area contributed by atoms with E-state index in [9.17, 15) is 0 Å². The van der Waals surface area contributed by atoms with Crippen LogP contribution >= 0.6 is 0 Å². The van der Waals surface area contributed by atoms with Gasteiger partial charge in [-0.05, 0) is 24.6 Å². The van der Waals surface area contributed by atoms with Crippen molar-refractivity contribution < 1.29 is 4.74 Å². The molecule has 2 rings (SSSR count). The van der Waals surface area contributed by atoms with Crippen molar-refractivity contribution in [1.82, 2.24) is 20.0 Å². The van der Waals surface area contributed by atoms with Crippen LogP contribution in [0.1, 0.15) is 5.56 Å². The van der Waals surface area contributed by atoms with Crippen LogP contribution < -0.4 is 10.1 Å². The molecule has 23 heavy (non-hydrogen) atoms. The summed E-state index contributed by atoms with van der Waals surface area (Å²) in [5.41, 5.74) is 1.17. The first-order valence-electron chi connectivity index (χ1n) is 7.77. The Balaban J connectivity index is 1.69. The van der Waals surface area contributed by atoms with E-state index in [-0.39, 0.29) is 0 Å². The van der Waals surface area contributed by atoms with Gasteiger partial charge in [0.15, 0.2) is 5.96 Å². The number of aromatic nitrogens is 2. The van der Waals surface area contributed by atoms with Gasteiger partial charge in [-0.3, -0.25) is 9.67 Å². The number of hydrogen-bond donors (Lipinski definition) is 1. The van der Waals surface area contributed by atoms with Gasteiger partial charge in [0.05, 0.1) is 19.3 Å². The van der Waals surface area contributed by atoms with Crippen LogP contribution in [0.2, 0.25) is 0 Å².